The van der Waals surface area contributed by atoms with Crippen molar-refractivity contribution in [2.45, 2.75) is 19.8 Å². The van der Waals surface area contributed by atoms with Crippen LogP contribution in [-0.4, -0.2) is 17.4 Å². The van der Waals surface area contributed by atoms with E-state index in [1.54, 1.807) is 13.1 Å². The van der Waals surface area contributed by atoms with Crippen molar-refractivity contribution in [3.8, 4) is 5.75 Å². The fraction of sp³-hybridized carbons (Fsp3) is 0.294. The third-order valence-electron chi connectivity index (χ3n) is 3.68. The number of carbonyl (C=O) groups is 1. The molecule has 1 aromatic carbocycles. The Bertz CT molecular complexity index is 619. The van der Waals surface area contributed by atoms with E-state index in [0.29, 0.717) is 11.5 Å². The molecule has 0 N–H and O–H groups in total. The number of ether oxygens (including phenoxy) is 1. The number of hydrogen-bond donors (Lipinski definition) is 0. The highest BCUT2D eigenvalue weighted by molar-refractivity contribution is 5.93. The molecule has 0 saturated heterocycles. The van der Waals surface area contributed by atoms with Crippen LogP contribution in [0.15, 0.2) is 42.6 Å². The predicted octanol–water partition coefficient (Wildman–Crippen LogP) is 3.08. The summed E-state index contributed by atoms with van der Waals surface area (Å²) < 4.78 is 5.79. The van der Waals surface area contributed by atoms with Crippen molar-refractivity contribution >= 4 is 5.78 Å². The van der Waals surface area contributed by atoms with Gasteiger partial charge < -0.3 is 4.74 Å². The molecule has 2 heterocycles. The number of Topliss-reactive ketones (excluding diaryl/α,β-unsaturated/α-hetero) is 1. The van der Waals surface area contributed by atoms with E-state index < -0.39 is 0 Å². The molecular formula is C17H17NO2. The second-order valence-electron chi connectivity index (χ2n) is 5.29. The van der Waals surface area contributed by atoms with Crippen molar-refractivity contribution in [1.82, 2.24) is 4.98 Å². The van der Waals surface area contributed by atoms with Crippen LogP contribution in [0.2, 0.25) is 0 Å². The van der Waals surface area contributed by atoms with Crippen molar-refractivity contribution in [2.75, 3.05) is 6.61 Å². The van der Waals surface area contributed by atoms with Crippen molar-refractivity contribution in [2.24, 2.45) is 5.92 Å². The number of carbonyl (C=O) groups excluding carboxylic acids is 1. The number of aromatic nitrogens is 1. The van der Waals surface area contributed by atoms with Gasteiger partial charge in [0.1, 0.15) is 5.75 Å². The Kier molecular flexibility index (Phi) is 3.50. The summed E-state index contributed by atoms with van der Waals surface area (Å²) in [7, 11) is 0. The Balaban J connectivity index is 1.69. The first-order chi connectivity index (χ1) is 9.72. The van der Waals surface area contributed by atoms with Crippen LogP contribution in [0.25, 0.3) is 0 Å². The zero-order chi connectivity index (χ0) is 13.9. The van der Waals surface area contributed by atoms with Crippen LogP contribution < -0.4 is 4.74 Å². The summed E-state index contributed by atoms with van der Waals surface area (Å²) in [4.78, 5) is 15.6. The lowest BCUT2D eigenvalue weighted by Gasteiger charge is -2.25. The van der Waals surface area contributed by atoms with Crippen molar-refractivity contribution in [3.05, 3.63) is 59.4 Å². The normalized spacial score (nSPS) is 17.1. The Morgan fingerprint density at radius 3 is 2.90 bits per heavy atom. The van der Waals surface area contributed by atoms with E-state index in [-0.39, 0.29) is 5.78 Å². The number of rotatable bonds is 3. The van der Waals surface area contributed by atoms with Crippen molar-refractivity contribution in [3.63, 3.8) is 0 Å². The number of benzene rings is 1. The van der Waals surface area contributed by atoms with Gasteiger partial charge in [-0.3, -0.25) is 9.78 Å². The summed E-state index contributed by atoms with van der Waals surface area (Å²) in [5.74, 6) is 1.50. The minimum atomic E-state index is 0.0546. The molecule has 1 aromatic heterocycles. The van der Waals surface area contributed by atoms with Gasteiger partial charge in [-0.1, -0.05) is 18.2 Å². The number of para-hydroxylation sites is 1. The predicted molar refractivity (Wildman–Crippen MR) is 77.1 cm³/mol. The molecule has 3 nitrogen and oxygen atoms in total. The van der Waals surface area contributed by atoms with E-state index in [1.807, 2.05) is 30.3 Å². The maximum absolute atomic E-state index is 11.2. The minimum Gasteiger partial charge on any atom is -0.493 e. The second kappa shape index (κ2) is 5.45. The largest absolute Gasteiger partial charge is 0.493 e. The zero-order valence-electron chi connectivity index (χ0n) is 11.5. The van der Waals surface area contributed by atoms with Gasteiger partial charge in [-0.2, -0.15) is 0 Å². The molecule has 1 atom stereocenters. The lowest BCUT2D eigenvalue weighted by Crippen LogP contribution is -2.23. The number of nitrogens with zero attached hydrogens (tertiary/aromatic N) is 1. The van der Waals surface area contributed by atoms with Crippen LogP contribution >= 0.6 is 0 Å². The third-order valence-corrected chi connectivity index (χ3v) is 3.68. The van der Waals surface area contributed by atoms with Gasteiger partial charge in [0.2, 0.25) is 0 Å². The van der Waals surface area contributed by atoms with Crippen LogP contribution in [-0.2, 0) is 12.8 Å². The average molecular weight is 267 g/mol. The summed E-state index contributed by atoms with van der Waals surface area (Å²) in [6, 6.07) is 12.0. The second-order valence-corrected chi connectivity index (χ2v) is 5.29. The molecule has 0 amide bonds. The number of pyridine rings is 1. The van der Waals surface area contributed by atoms with Gasteiger partial charge in [0.15, 0.2) is 5.78 Å². The molecule has 0 aliphatic carbocycles. The van der Waals surface area contributed by atoms with Crippen LogP contribution in [0.5, 0.6) is 5.75 Å². The van der Waals surface area contributed by atoms with Gasteiger partial charge in [0.25, 0.3) is 0 Å². The number of ketones is 1. The SMILES string of the molecule is CC(=O)c1ccc(CC2COc3ccccc3C2)nc1. The molecule has 3 rings (SSSR count). The summed E-state index contributed by atoms with van der Waals surface area (Å²) in [5, 5.41) is 0. The van der Waals surface area contributed by atoms with Gasteiger partial charge in [-0.15, -0.1) is 0 Å². The smallest absolute Gasteiger partial charge is 0.161 e. The molecule has 0 bridgehead atoms. The van der Waals surface area contributed by atoms with Gasteiger partial charge in [0, 0.05) is 23.4 Å². The lowest BCUT2D eigenvalue weighted by atomic mass is 9.92. The Hall–Kier alpha value is -2.16. The number of hydrogen-bond acceptors (Lipinski definition) is 3. The summed E-state index contributed by atoms with van der Waals surface area (Å²) in [6.45, 7) is 2.29. The van der Waals surface area contributed by atoms with E-state index in [0.717, 1.165) is 30.9 Å². The Morgan fingerprint density at radius 1 is 1.30 bits per heavy atom. The highest BCUT2D eigenvalue weighted by atomic mass is 16.5. The first kappa shape index (κ1) is 12.9. The zero-order valence-corrected chi connectivity index (χ0v) is 11.5. The quantitative estimate of drug-likeness (QED) is 0.802. The summed E-state index contributed by atoms with van der Waals surface area (Å²) >= 11 is 0. The van der Waals surface area contributed by atoms with Gasteiger partial charge >= 0.3 is 0 Å². The molecule has 0 fully saturated rings. The van der Waals surface area contributed by atoms with Crippen LogP contribution in [0.1, 0.15) is 28.5 Å². The van der Waals surface area contributed by atoms with Crippen molar-refractivity contribution in [1.29, 1.82) is 0 Å². The van der Waals surface area contributed by atoms with E-state index in [2.05, 4.69) is 11.1 Å². The van der Waals surface area contributed by atoms with E-state index in [4.69, 9.17) is 4.74 Å². The first-order valence-corrected chi connectivity index (χ1v) is 6.89. The fourth-order valence-corrected chi connectivity index (χ4v) is 2.57. The average Bonchev–Trinajstić information content (AvgIpc) is 2.48. The molecule has 3 heteroatoms. The highest BCUT2D eigenvalue weighted by Gasteiger charge is 2.20. The van der Waals surface area contributed by atoms with E-state index in [9.17, 15) is 4.79 Å². The first-order valence-electron chi connectivity index (χ1n) is 6.89. The molecule has 102 valence electrons. The summed E-state index contributed by atoms with van der Waals surface area (Å²) in [5.41, 5.74) is 2.95. The van der Waals surface area contributed by atoms with Gasteiger partial charge in [0.05, 0.1) is 6.61 Å². The van der Waals surface area contributed by atoms with Crippen LogP contribution in [0, 0.1) is 5.92 Å². The molecule has 20 heavy (non-hydrogen) atoms. The van der Waals surface area contributed by atoms with Crippen molar-refractivity contribution < 1.29 is 9.53 Å². The lowest BCUT2D eigenvalue weighted by molar-refractivity contribution is 0.101. The van der Waals surface area contributed by atoms with Crippen LogP contribution in [0.4, 0.5) is 0 Å². The molecule has 2 aromatic rings. The van der Waals surface area contributed by atoms with Gasteiger partial charge in [-0.25, -0.2) is 0 Å². The maximum atomic E-state index is 11.2. The maximum Gasteiger partial charge on any atom is 0.161 e. The molecule has 1 aliphatic heterocycles. The standard InChI is InChI=1S/C17H17NO2/c1-12(19)15-6-7-16(18-10-15)9-13-8-14-4-2-3-5-17(14)20-11-13/h2-7,10,13H,8-9,11H2,1H3. The Labute approximate surface area is 118 Å². The number of fused-ring (bicyclic) bond motifs is 1. The van der Waals surface area contributed by atoms with E-state index >= 15 is 0 Å². The van der Waals surface area contributed by atoms with E-state index in [1.165, 1.54) is 5.56 Å². The third kappa shape index (κ3) is 2.72. The molecule has 1 unspecified atom stereocenters. The topological polar surface area (TPSA) is 39.2 Å². The fourth-order valence-electron chi connectivity index (χ4n) is 2.57. The summed E-state index contributed by atoms with van der Waals surface area (Å²) in [6.07, 6.45) is 3.56. The monoisotopic (exact) mass is 267 g/mol. The molecular weight excluding hydrogens is 250 g/mol. The molecule has 1 aliphatic rings. The van der Waals surface area contributed by atoms with Gasteiger partial charge in [-0.05, 0) is 43.5 Å². The highest BCUT2D eigenvalue weighted by Crippen LogP contribution is 2.28. The Morgan fingerprint density at radius 2 is 2.15 bits per heavy atom. The molecule has 0 spiro atoms. The van der Waals surface area contributed by atoms with Crippen LogP contribution in [0.3, 0.4) is 0 Å². The minimum absolute atomic E-state index is 0.0546. The molecule has 0 radical (unpaired) electrons. The molecule has 0 saturated carbocycles.